The summed E-state index contributed by atoms with van der Waals surface area (Å²) in [6.07, 6.45) is 0. The van der Waals surface area contributed by atoms with Crippen LogP contribution in [-0.4, -0.2) is 51.2 Å². The lowest BCUT2D eigenvalue weighted by atomic mass is 10.2. The van der Waals surface area contributed by atoms with Gasteiger partial charge in [-0.05, 0) is 38.1 Å². The minimum Gasteiger partial charge on any atom is -0.354 e. The van der Waals surface area contributed by atoms with Crippen molar-refractivity contribution in [1.82, 2.24) is 25.0 Å². The van der Waals surface area contributed by atoms with Crippen LogP contribution >= 0.6 is 11.6 Å². The summed E-state index contributed by atoms with van der Waals surface area (Å²) in [6.45, 7) is 12.0. The lowest BCUT2D eigenvalue weighted by Crippen LogP contribution is -2.47. The molecule has 1 fully saturated rings. The molecule has 1 aromatic carbocycles. The quantitative estimate of drug-likeness (QED) is 0.594. The molecular formula is C22H27ClN6O. The van der Waals surface area contributed by atoms with Crippen molar-refractivity contribution in [2.75, 3.05) is 31.1 Å². The number of anilines is 1. The molecule has 3 aromatic rings. The van der Waals surface area contributed by atoms with Crippen LogP contribution in [0.5, 0.6) is 0 Å². The smallest absolute Gasteiger partial charge is 0.244 e. The largest absolute Gasteiger partial charge is 0.354 e. The molecule has 0 amide bonds. The first-order valence-corrected chi connectivity index (χ1v) is 10.7. The van der Waals surface area contributed by atoms with Gasteiger partial charge in [-0.25, -0.2) is 9.97 Å². The first-order valence-electron chi connectivity index (χ1n) is 10.3. The Morgan fingerprint density at radius 3 is 2.33 bits per heavy atom. The number of rotatable bonds is 5. The molecule has 1 aliphatic heterocycles. The average Bonchev–Trinajstić information content (AvgIpc) is 3.23. The van der Waals surface area contributed by atoms with E-state index in [0.717, 1.165) is 49.1 Å². The fourth-order valence-corrected chi connectivity index (χ4v) is 3.74. The standard InChI is InChI=1S/C22H27ClN6O/c1-14(2)20-24-15(3)13-19(25-20)29-11-9-28(10-12-29)16(4)22-26-21(27-30-22)17-5-7-18(23)8-6-17/h5-8,13-14,16H,9-12H2,1-4H3/t16-/m0/s1. The Hall–Kier alpha value is -2.51. The lowest BCUT2D eigenvalue weighted by molar-refractivity contribution is 0.164. The van der Waals surface area contributed by atoms with Crippen molar-refractivity contribution in [3.8, 4) is 11.4 Å². The number of piperazine rings is 1. The van der Waals surface area contributed by atoms with Crippen molar-refractivity contribution < 1.29 is 4.52 Å². The molecule has 0 N–H and O–H groups in total. The molecule has 0 bridgehead atoms. The summed E-state index contributed by atoms with van der Waals surface area (Å²) in [4.78, 5) is 18.6. The molecule has 3 heterocycles. The van der Waals surface area contributed by atoms with E-state index in [2.05, 4.69) is 51.8 Å². The maximum Gasteiger partial charge on any atom is 0.244 e. The second kappa shape index (κ2) is 8.70. The van der Waals surface area contributed by atoms with Crippen LogP contribution in [0.2, 0.25) is 5.02 Å². The van der Waals surface area contributed by atoms with Gasteiger partial charge in [-0.3, -0.25) is 4.90 Å². The van der Waals surface area contributed by atoms with Gasteiger partial charge in [-0.2, -0.15) is 4.98 Å². The number of hydrogen-bond acceptors (Lipinski definition) is 7. The van der Waals surface area contributed by atoms with Crippen LogP contribution in [0.4, 0.5) is 5.82 Å². The Bertz CT molecular complexity index is 995. The lowest BCUT2D eigenvalue weighted by Gasteiger charge is -2.37. The highest BCUT2D eigenvalue weighted by molar-refractivity contribution is 6.30. The van der Waals surface area contributed by atoms with E-state index >= 15 is 0 Å². The Balaban J connectivity index is 1.41. The van der Waals surface area contributed by atoms with Crippen LogP contribution in [0.3, 0.4) is 0 Å². The molecule has 0 radical (unpaired) electrons. The summed E-state index contributed by atoms with van der Waals surface area (Å²) < 4.78 is 5.56. The topological polar surface area (TPSA) is 71.2 Å². The summed E-state index contributed by atoms with van der Waals surface area (Å²) in [5, 5.41) is 4.84. The fourth-order valence-electron chi connectivity index (χ4n) is 3.61. The predicted octanol–water partition coefficient (Wildman–Crippen LogP) is 4.50. The van der Waals surface area contributed by atoms with Crippen LogP contribution in [0.25, 0.3) is 11.4 Å². The minimum atomic E-state index is 0.0547. The molecule has 0 unspecified atom stereocenters. The van der Waals surface area contributed by atoms with E-state index in [0.29, 0.717) is 22.7 Å². The van der Waals surface area contributed by atoms with E-state index in [-0.39, 0.29) is 6.04 Å². The Labute approximate surface area is 182 Å². The Morgan fingerprint density at radius 2 is 1.67 bits per heavy atom. The third kappa shape index (κ3) is 4.47. The van der Waals surface area contributed by atoms with Crippen LogP contribution < -0.4 is 4.90 Å². The highest BCUT2D eigenvalue weighted by Gasteiger charge is 2.27. The van der Waals surface area contributed by atoms with Crippen LogP contribution in [0.1, 0.15) is 50.1 Å². The van der Waals surface area contributed by atoms with Crippen molar-refractivity contribution in [1.29, 1.82) is 0 Å². The van der Waals surface area contributed by atoms with Crippen LogP contribution in [-0.2, 0) is 0 Å². The Kier molecular flexibility index (Phi) is 6.01. The number of hydrogen-bond donors (Lipinski definition) is 0. The summed E-state index contributed by atoms with van der Waals surface area (Å²) in [5.41, 5.74) is 1.91. The third-order valence-corrected chi connectivity index (χ3v) is 5.71. The predicted molar refractivity (Wildman–Crippen MR) is 118 cm³/mol. The van der Waals surface area contributed by atoms with E-state index in [9.17, 15) is 0 Å². The van der Waals surface area contributed by atoms with Gasteiger partial charge in [0.2, 0.25) is 11.7 Å². The molecule has 2 aromatic heterocycles. The highest BCUT2D eigenvalue weighted by Crippen LogP contribution is 2.26. The van der Waals surface area contributed by atoms with Gasteiger partial charge in [-0.1, -0.05) is 30.6 Å². The van der Waals surface area contributed by atoms with Crippen LogP contribution in [0, 0.1) is 6.92 Å². The fraction of sp³-hybridized carbons (Fsp3) is 0.455. The molecular weight excluding hydrogens is 400 g/mol. The molecule has 30 heavy (non-hydrogen) atoms. The van der Waals surface area contributed by atoms with Crippen molar-refractivity contribution in [3.05, 3.63) is 52.8 Å². The van der Waals surface area contributed by atoms with Crippen molar-refractivity contribution in [3.63, 3.8) is 0 Å². The van der Waals surface area contributed by atoms with Gasteiger partial charge >= 0.3 is 0 Å². The third-order valence-electron chi connectivity index (χ3n) is 5.46. The zero-order valence-corrected chi connectivity index (χ0v) is 18.6. The average molecular weight is 427 g/mol. The number of aryl methyl sites for hydroxylation is 1. The molecule has 1 saturated heterocycles. The molecule has 158 valence electrons. The molecule has 1 aliphatic rings. The van der Waals surface area contributed by atoms with E-state index in [4.69, 9.17) is 21.1 Å². The van der Waals surface area contributed by atoms with Gasteiger partial charge in [0.25, 0.3) is 0 Å². The van der Waals surface area contributed by atoms with E-state index < -0.39 is 0 Å². The monoisotopic (exact) mass is 426 g/mol. The van der Waals surface area contributed by atoms with Gasteiger partial charge < -0.3 is 9.42 Å². The minimum absolute atomic E-state index is 0.0547. The summed E-state index contributed by atoms with van der Waals surface area (Å²) >= 11 is 5.96. The highest BCUT2D eigenvalue weighted by atomic mass is 35.5. The van der Waals surface area contributed by atoms with Gasteiger partial charge in [0.1, 0.15) is 11.6 Å². The van der Waals surface area contributed by atoms with E-state index in [1.807, 2.05) is 31.2 Å². The molecule has 0 aliphatic carbocycles. The van der Waals surface area contributed by atoms with Gasteiger partial charge in [0, 0.05) is 54.4 Å². The zero-order chi connectivity index (χ0) is 21.3. The Morgan fingerprint density at radius 1 is 0.967 bits per heavy atom. The van der Waals surface area contributed by atoms with Crippen molar-refractivity contribution >= 4 is 17.4 Å². The van der Waals surface area contributed by atoms with Gasteiger partial charge in [0.15, 0.2) is 0 Å². The van der Waals surface area contributed by atoms with Gasteiger partial charge in [0.05, 0.1) is 6.04 Å². The van der Waals surface area contributed by atoms with Crippen LogP contribution in [0.15, 0.2) is 34.9 Å². The number of aromatic nitrogens is 4. The first kappa shape index (κ1) is 20.8. The molecule has 4 rings (SSSR count). The second-order valence-electron chi connectivity index (χ2n) is 8.04. The number of nitrogens with zero attached hydrogens (tertiary/aromatic N) is 6. The molecule has 0 spiro atoms. The number of benzene rings is 1. The molecule has 1 atom stereocenters. The molecule has 7 nitrogen and oxygen atoms in total. The number of halogens is 1. The summed E-state index contributed by atoms with van der Waals surface area (Å²) in [7, 11) is 0. The normalized spacial score (nSPS) is 16.3. The SMILES string of the molecule is Cc1cc(N2CCN([C@@H](C)c3nc(-c4ccc(Cl)cc4)no3)CC2)nc(C(C)C)n1. The maximum atomic E-state index is 5.96. The maximum absolute atomic E-state index is 5.96. The molecule has 8 heteroatoms. The van der Waals surface area contributed by atoms with E-state index in [1.165, 1.54) is 0 Å². The van der Waals surface area contributed by atoms with E-state index in [1.54, 1.807) is 0 Å². The first-order chi connectivity index (χ1) is 14.4. The van der Waals surface area contributed by atoms with Gasteiger partial charge in [-0.15, -0.1) is 0 Å². The summed E-state index contributed by atoms with van der Waals surface area (Å²) in [6, 6.07) is 9.58. The van der Waals surface area contributed by atoms with Crippen molar-refractivity contribution in [2.24, 2.45) is 0 Å². The zero-order valence-electron chi connectivity index (χ0n) is 17.8. The molecule has 0 saturated carbocycles. The van der Waals surface area contributed by atoms with Crippen molar-refractivity contribution in [2.45, 2.75) is 39.7 Å². The summed E-state index contributed by atoms with van der Waals surface area (Å²) in [5.74, 6) is 3.46. The second-order valence-corrected chi connectivity index (χ2v) is 8.48.